The highest BCUT2D eigenvalue weighted by Crippen LogP contribution is 2.23. The number of rotatable bonds is 2. The van der Waals surface area contributed by atoms with Crippen LogP contribution in [0.2, 0.25) is 0 Å². The van der Waals surface area contributed by atoms with Crippen molar-refractivity contribution in [3.05, 3.63) is 65.0 Å². The molecule has 1 unspecified atom stereocenters. The number of hydrogen-bond acceptors (Lipinski definition) is 2. The molecule has 2 aromatic rings. The van der Waals surface area contributed by atoms with Crippen molar-refractivity contribution in [2.45, 2.75) is 13.0 Å². The van der Waals surface area contributed by atoms with Crippen LogP contribution in [-0.4, -0.2) is 10.1 Å². The maximum absolute atomic E-state index is 13.5. The molecule has 1 aromatic carbocycles. The summed E-state index contributed by atoms with van der Waals surface area (Å²) >= 11 is 0. The third-order valence-electron chi connectivity index (χ3n) is 2.47. The van der Waals surface area contributed by atoms with Gasteiger partial charge >= 0.3 is 0 Å². The average Bonchev–Trinajstić information content (AvgIpc) is 2.31. The van der Waals surface area contributed by atoms with E-state index < -0.39 is 17.7 Å². The first kappa shape index (κ1) is 11.7. The van der Waals surface area contributed by atoms with Crippen molar-refractivity contribution in [3.63, 3.8) is 0 Å². The molecular weight excluding hydrogens is 224 g/mol. The van der Waals surface area contributed by atoms with Crippen molar-refractivity contribution in [2.75, 3.05) is 0 Å². The van der Waals surface area contributed by atoms with Crippen LogP contribution in [0.1, 0.15) is 22.9 Å². The van der Waals surface area contributed by atoms with E-state index in [9.17, 15) is 13.9 Å². The maximum Gasteiger partial charge on any atom is 0.129 e. The molecule has 0 saturated carbocycles. The van der Waals surface area contributed by atoms with E-state index in [-0.39, 0.29) is 5.56 Å². The van der Waals surface area contributed by atoms with Gasteiger partial charge in [0.1, 0.15) is 17.7 Å². The zero-order chi connectivity index (χ0) is 12.4. The average molecular weight is 235 g/mol. The molecule has 0 saturated heterocycles. The number of aromatic nitrogens is 1. The SMILES string of the molecule is Cc1ccnc(C(O)c2cc(F)ccc2F)c1. The Morgan fingerprint density at radius 1 is 1.18 bits per heavy atom. The summed E-state index contributed by atoms with van der Waals surface area (Å²) in [5, 5.41) is 9.95. The summed E-state index contributed by atoms with van der Waals surface area (Å²) in [5.74, 6) is -1.24. The van der Waals surface area contributed by atoms with E-state index in [2.05, 4.69) is 4.98 Å². The molecule has 4 heteroatoms. The molecular formula is C13H11F2NO. The maximum atomic E-state index is 13.5. The molecule has 17 heavy (non-hydrogen) atoms. The van der Waals surface area contributed by atoms with Crippen LogP contribution in [0.4, 0.5) is 8.78 Å². The van der Waals surface area contributed by atoms with E-state index in [4.69, 9.17) is 0 Å². The topological polar surface area (TPSA) is 33.1 Å². The predicted molar refractivity (Wildman–Crippen MR) is 59.4 cm³/mol. The summed E-state index contributed by atoms with van der Waals surface area (Å²) in [6.45, 7) is 1.83. The Bertz CT molecular complexity index is 543. The van der Waals surface area contributed by atoms with Crippen LogP contribution in [0.5, 0.6) is 0 Å². The highest BCUT2D eigenvalue weighted by molar-refractivity contribution is 5.29. The van der Waals surface area contributed by atoms with E-state index in [1.807, 2.05) is 6.92 Å². The smallest absolute Gasteiger partial charge is 0.129 e. The van der Waals surface area contributed by atoms with E-state index >= 15 is 0 Å². The highest BCUT2D eigenvalue weighted by atomic mass is 19.1. The zero-order valence-corrected chi connectivity index (χ0v) is 9.19. The number of hydrogen-bond donors (Lipinski definition) is 1. The molecule has 0 spiro atoms. The number of aliphatic hydroxyl groups excluding tert-OH is 1. The highest BCUT2D eigenvalue weighted by Gasteiger charge is 2.17. The van der Waals surface area contributed by atoms with Gasteiger partial charge in [-0.3, -0.25) is 4.98 Å². The summed E-state index contributed by atoms with van der Waals surface area (Å²) in [7, 11) is 0. The van der Waals surface area contributed by atoms with Gasteiger partial charge in [-0.05, 0) is 42.8 Å². The molecule has 0 amide bonds. The van der Waals surface area contributed by atoms with Gasteiger partial charge in [-0.15, -0.1) is 0 Å². The monoisotopic (exact) mass is 235 g/mol. The second kappa shape index (κ2) is 4.59. The summed E-state index contributed by atoms with van der Waals surface area (Å²) in [5.41, 5.74) is 1.09. The number of benzene rings is 1. The normalized spacial score (nSPS) is 12.5. The van der Waals surface area contributed by atoms with E-state index in [1.54, 1.807) is 12.1 Å². The van der Waals surface area contributed by atoms with Crippen molar-refractivity contribution in [2.24, 2.45) is 0 Å². The fraction of sp³-hybridized carbons (Fsp3) is 0.154. The van der Waals surface area contributed by atoms with Crippen LogP contribution in [0.15, 0.2) is 36.5 Å². The minimum Gasteiger partial charge on any atom is -0.382 e. The second-order valence-corrected chi connectivity index (χ2v) is 3.83. The first-order valence-electron chi connectivity index (χ1n) is 5.13. The van der Waals surface area contributed by atoms with Crippen molar-refractivity contribution in [1.29, 1.82) is 0 Å². The first-order valence-corrected chi connectivity index (χ1v) is 5.13. The molecule has 2 rings (SSSR count). The van der Waals surface area contributed by atoms with Crippen LogP contribution >= 0.6 is 0 Å². The number of aliphatic hydroxyl groups is 1. The lowest BCUT2D eigenvalue weighted by Gasteiger charge is -2.12. The Balaban J connectivity index is 2.43. The summed E-state index contributed by atoms with van der Waals surface area (Å²) in [6.07, 6.45) is 0.260. The quantitative estimate of drug-likeness (QED) is 0.868. The summed E-state index contributed by atoms with van der Waals surface area (Å²) in [4.78, 5) is 3.95. The van der Waals surface area contributed by atoms with Gasteiger partial charge in [-0.25, -0.2) is 8.78 Å². The zero-order valence-electron chi connectivity index (χ0n) is 9.19. The fourth-order valence-corrected chi connectivity index (χ4v) is 1.59. The minimum atomic E-state index is -1.26. The number of aryl methyl sites for hydroxylation is 1. The summed E-state index contributed by atoms with van der Waals surface area (Å²) in [6, 6.07) is 6.37. The van der Waals surface area contributed by atoms with Crippen LogP contribution in [0.25, 0.3) is 0 Å². The number of nitrogens with zero attached hydrogens (tertiary/aromatic N) is 1. The molecule has 0 radical (unpaired) electrons. The van der Waals surface area contributed by atoms with Crippen LogP contribution < -0.4 is 0 Å². The number of halogens is 2. The summed E-state index contributed by atoms with van der Waals surface area (Å²) < 4.78 is 26.5. The molecule has 0 aliphatic heterocycles. The Hall–Kier alpha value is -1.81. The van der Waals surface area contributed by atoms with Crippen molar-refractivity contribution in [1.82, 2.24) is 4.98 Å². The first-order chi connectivity index (χ1) is 8.08. The molecule has 1 aromatic heterocycles. The molecule has 1 heterocycles. The Labute approximate surface area is 97.6 Å². The van der Waals surface area contributed by atoms with Crippen molar-refractivity contribution < 1.29 is 13.9 Å². The fourth-order valence-electron chi connectivity index (χ4n) is 1.59. The lowest BCUT2D eigenvalue weighted by atomic mass is 10.0. The molecule has 0 bridgehead atoms. The molecule has 0 aliphatic rings. The molecule has 2 nitrogen and oxygen atoms in total. The molecule has 1 atom stereocenters. The van der Waals surface area contributed by atoms with Gasteiger partial charge in [-0.1, -0.05) is 0 Å². The Morgan fingerprint density at radius 3 is 2.65 bits per heavy atom. The molecule has 0 fully saturated rings. The third kappa shape index (κ3) is 2.47. The Kier molecular flexibility index (Phi) is 3.15. The molecule has 88 valence electrons. The minimum absolute atomic E-state index is 0.108. The van der Waals surface area contributed by atoms with Crippen molar-refractivity contribution >= 4 is 0 Å². The van der Waals surface area contributed by atoms with Gasteiger partial charge < -0.3 is 5.11 Å². The lowest BCUT2D eigenvalue weighted by Crippen LogP contribution is -2.05. The van der Waals surface area contributed by atoms with Crippen LogP contribution in [0, 0.1) is 18.6 Å². The van der Waals surface area contributed by atoms with Gasteiger partial charge in [0.15, 0.2) is 0 Å². The van der Waals surface area contributed by atoms with Crippen molar-refractivity contribution in [3.8, 4) is 0 Å². The second-order valence-electron chi connectivity index (χ2n) is 3.83. The predicted octanol–water partition coefficient (Wildman–Crippen LogP) is 2.75. The molecule has 1 N–H and O–H groups in total. The van der Waals surface area contributed by atoms with Gasteiger partial charge in [0.05, 0.1) is 5.69 Å². The van der Waals surface area contributed by atoms with E-state index in [0.717, 1.165) is 23.8 Å². The lowest BCUT2D eigenvalue weighted by molar-refractivity contribution is 0.209. The largest absolute Gasteiger partial charge is 0.382 e. The third-order valence-corrected chi connectivity index (χ3v) is 2.47. The van der Waals surface area contributed by atoms with E-state index in [0.29, 0.717) is 5.69 Å². The van der Waals surface area contributed by atoms with Gasteiger partial charge in [0, 0.05) is 11.8 Å². The van der Waals surface area contributed by atoms with Gasteiger partial charge in [0.2, 0.25) is 0 Å². The van der Waals surface area contributed by atoms with E-state index in [1.165, 1.54) is 6.20 Å². The number of pyridine rings is 1. The van der Waals surface area contributed by atoms with Gasteiger partial charge in [-0.2, -0.15) is 0 Å². The Morgan fingerprint density at radius 2 is 1.94 bits per heavy atom. The molecule has 0 aliphatic carbocycles. The van der Waals surface area contributed by atoms with Crippen LogP contribution in [-0.2, 0) is 0 Å². The standard InChI is InChI=1S/C13H11F2NO/c1-8-4-5-16-12(6-8)13(17)10-7-9(14)2-3-11(10)15/h2-7,13,17H,1H3. The van der Waals surface area contributed by atoms with Gasteiger partial charge in [0.25, 0.3) is 0 Å². The van der Waals surface area contributed by atoms with Crippen LogP contribution in [0.3, 0.4) is 0 Å².